The lowest BCUT2D eigenvalue weighted by Crippen LogP contribution is -2.52. The summed E-state index contributed by atoms with van der Waals surface area (Å²) in [5, 5.41) is 3.24. The van der Waals surface area contributed by atoms with Gasteiger partial charge in [-0.3, -0.25) is 4.79 Å². The number of ketones is 1. The molecule has 156 valence electrons. The number of hydrogen-bond donors (Lipinski definition) is 1. The Morgan fingerprint density at radius 3 is 2.72 bits per heavy atom. The van der Waals surface area contributed by atoms with Gasteiger partial charge in [0.05, 0.1) is 11.2 Å². The van der Waals surface area contributed by atoms with Crippen LogP contribution in [-0.4, -0.2) is 33.9 Å². The number of rotatable bonds is 5. The molecule has 0 bridgehead atoms. The number of carbonyl (C=O) groups is 1. The van der Waals surface area contributed by atoms with Gasteiger partial charge >= 0.3 is 6.55 Å². The normalized spacial score (nSPS) is 24.3. The van der Waals surface area contributed by atoms with Gasteiger partial charge in [0.15, 0.2) is 11.5 Å². The van der Waals surface area contributed by atoms with Crippen LogP contribution < -0.4 is 5.73 Å². The number of alkyl halides is 3. The average Bonchev–Trinajstić information content (AvgIpc) is 3.02. The number of aromatic nitrogens is 2. The zero-order chi connectivity index (χ0) is 21.6. The van der Waals surface area contributed by atoms with Crippen LogP contribution in [0.1, 0.15) is 42.0 Å². The molecule has 29 heavy (non-hydrogen) atoms. The van der Waals surface area contributed by atoms with Gasteiger partial charge in [-0.25, -0.2) is 18.5 Å². The van der Waals surface area contributed by atoms with Gasteiger partial charge in [0, 0.05) is 12.0 Å². The van der Waals surface area contributed by atoms with E-state index in [0.717, 1.165) is 12.3 Å². The number of nitrogens with two attached hydrogens (primary N) is 1. The van der Waals surface area contributed by atoms with E-state index in [1.54, 1.807) is 0 Å². The van der Waals surface area contributed by atoms with E-state index in [9.17, 15) is 18.0 Å². The number of nitrogens with zero attached hydrogens (tertiary/aromatic N) is 3. The van der Waals surface area contributed by atoms with Crippen molar-refractivity contribution < 1.29 is 27.1 Å². The van der Waals surface area contributed by atoms with Gasteiger partial charge in [-0.2, -0.15) is 13.9 Å². The quantitative estimate of drug-likeness (QED) is 0.575. The molecule has 0 fully saturated rings. The molecular weight excluding hydrogens is 416 g/mol. The highest BCUT2D eigenvalue weighted by atomic mass is 35.5. The average molecular weight is 433 g/mol. The van der Waals surface area contributed by atoms with Gasteiger partial charge in [-0.15, -0.1) is 0 Å². The number of amidine groups is 1. The predicted molar refractivity (Wildman–Crippen MR) is 97.4 cm³/mol. The Bertz CT molecular complexity index is 992. The second-order valence-corrected chi connectivity index (χ2v) is 7.41. The minimum atomic E-state index is -2.95. The van der Waals surface area contributed by atoms with Crippen molar-refractivity contribution in [1.29, 1.82) is 0 Å². The molecule has 3 rings (SSSR count). The van der Waals surface area contributed by atoms with Crippen LogP contribution in [-0.2, 0) is 16.7 Å². The maximum Gasteiger partial charge on any atom is 0.333 e. The smallest absolute Gasteiger partial charge is 0.333 e. The summed E-state index contributed by atoms with van der Waals surface area (Å²) < 4.78 is 60.3. The van der Waals surface area contributed by atoms with Crippen LogP contribution in [0, 0.1) is 5.82 Å². The topological polar surface area (TPSA) is 82.5 Å². The second kappa shape index (κ2) is 7.33. The van der Waals surface area contributed by atoms with Crippen molar-refractivity contribution in [3.63, 3.8) is 0 Å². The van der Waals surface area contributed by atoms with Gasteiger partial charge in [0.1, 0.15) is 23.7 Å². The summed E-state index contributed by atoms with van der Waals surface area (Å²) in [5.41, 5.74) is 1.60. The molecule has 0 spiro atoms. The van der Waals surface area contributed by atoms with Crippen LogP contribution in [0.4, 0.5) is 17.6 Å². The standard InChI is InChI=1S/C18H17ClF4N4O2/c1-17(23)8-29-16(24)25-18(17,2)10-5-9(3-4-12(10)20)6-13(28)14-11(19)7-27(26-14)15(21)22/h3-5,7,15H,6,8H2,1-2H3,(H2,24,25)/t17-,18+/m0/s1. The minimum Gasteiger partial charge on any atom is -0.462 e. The van der Waals surface area contributed by atoms with E-state index in [2.05, 4.69) is 10.1 Å². The summed E-state index contributed by atoms with van der Waals surface area (Å²) in [6, 6.07) is 3.39. The third-order valence-electron chi connectivity index (χ3n) is 4.91. The molecule has 1 aromatic heterocycles. The zero-order valence-corrected chi connectivity index (χ0v) is 16.2. The van der Waals surface area contributed by atoms with Gasteiger partial charge in [-0.05, 0) is 31.5 Å². The van der Waals surface area contributed by atoms with E-state index < -0.39 is 36.0 Å². The third-order valence-corrected chi connectivity index (χ3v) is 5.19. The largest absolute Gasteiger partial charge is 0.462 e. The van der Waals surface area contributed by atoms with Crippen molar-refractivity contribution in [2.45, 2.75) is 38.0 Å². The number of carbonyl (C=O) groups excluding carboxylic acids is 1. The Morgan fingerprint density at radius 2 is 2.10 bits per heavy atom. The molecule has 1 aliphatic heterocycles. The summed E-state index contributed by atoms with van der Waals surface area (Å²) in [6.45, 7) is -0.808. The lowest BCUT2D eigenvalue weighted by molar-refractivity contribution is 0.00398. The number of Topliss-reactive ketones (excluding diaryl/α,β-unsaturated/α-hetero) is 1. The lowest BCUT2D eigenvalue weighted by Gasteiger charge is -2.40. The molecule has 2 N–H and O–H groups in total. The molecule has 0 unspecified atom stereocenters. The molecule has 0 aliphatic carbocycles. The van der Waals surface area contributed by atoms with Crippen LogP contribution >= 0.6 is 11.6 Å². The van der Waals surface area contributed by atoms with Crippen molar-refractivity contribution in [2.24, 2.45) is 10.7 Å². The Hall–Kier alpha value is -2.62. The van der Waals surface area contributed by atoms with Gasteiger partial charge in [0.2, 0.25) is 0 Å². The molecule has 2 atom stereocenters. The summed E-state index contributed by atoms with van der Waals surface area (Å²) in [6.07, 6.45) is 0.521. The fourth-order valence-electron chi connectivity index (χ4n) is 3.04. The van der Waals surface area contributed by atoms with Gasteiger partial charge in [0.25, 0.3) is 6.02 Å². The monoisotopic (exact) mass is 432 g/mol. The molecule has 11 heteroatoms. The molecule has 1 aromatic carbocycles. The molecular formula is C18H17ClF4N4O2. The maximum absolute atomic E-state index is 15.1. The molecule has 2 heterocycles. The van der Waals surface area contributed by atoms with Crippen molar-refractivity contribution in [1.82, 2.24) is 9.78 Å². The van der Waals surface area contributed by atoms with Crippen molar-refractivity contribution >= 4 is 23.4 Å². The Labute approximate surface area is 168 Å². The summed E-state index contributed by atoms with van der Waals surface area (Å²) in [4.78, 5) is 16.4. The first-order valence-corrected chi connectivity index (χ1v) is 8.84. The number of aliphatic imine (C=N–C) groups is 1. The highest BCUT2D eigenvalue weighted by Crippen LogP contribution is 2.43. The lowest BCUT2D eigenvalue weighted by atomic mass is 9.77. The molecule has 1 aliphatic rings. The molecule has 6 nitrogen and oxygen atoms in total. The first kappa shape index (κ1) is 21.1. The number of halogens is 5. The third kappa shape index (κ3) is 3.81. The fraction of sp³-hybridized carbons (Fsp3) is 0.389. The summed E-state index contributed by atoms with van der Waals surface area (Å²) in [5.74, 6) is -1.40. The van der Waals surface area contributed by atoms with E-state index in [0.29, 0.717) is 5.56 Å². The Balaban J connectivity index is 1.96. The fourth-order valence-corrected chi connectivity index (χ4v) is 3.29. The first-order valence-electron chi connectivity index (χ1n) is 8.46. The van der Waals surface area contributed by atoms with E-state index >= 15 is 4.39 Å². The number of ether oxygens (including phenoxy) is 1. The number of benzene rings is 1. The molecule has 0 saturated heterocycles. The summed E-state index contributed by atoms with van der Waals surface area (Å²) in [7, 11) is 0. The van der Waals surface area contributed by atoms with Crippen LogP contribution in [0.2, 0.25) is 5.02 Å². The molecule has 0 saturated carbocycles. The van der Waals surface area contributed by atoms with Crippen molar-refractivity contribution in [3.05, 3.63) is 52.1 Å². The van der Waals surface area contributed by atoms with Crippen LogP contribution in [0.25, 0.3) is 0 Å². The van der Waals surface area contributed by atoms with E-state index in [4.69, 9.17) is 22.1 Å². The zero-order valence-electron chi connectivity index (χ0n) is 15.4. The highest BCUT2D eigenvalue weighted by Gasteiger charge is 2.52. The van der Waals surface area contributed by atoms with E-state index in [1.807, 2.05) is 0 Å². The summed E-state index contributed by atoms with van der Waals surface area (Å²) >= 11 is 5.81. The maximum atomic E-state index is 15.1. The Morgan fingerprint density at radius 1 is 1.41 bits per heavy atom. The second-order valence-electron chi connectivity index (χ2n) is 7.01. The SMILES string of the molecule is C[C@]1(F)COC(N)=N[C@]1(C)c1cc(CC(=O)c2nn(C(F)F)cc2Cl)ccc1F. The van der Waals surface area contributed by atoms with Crippen LogP contribution in [0.5, 0.6) is 0 Å². The van der Waals surface area contributed by atoms with E-state index in [1.165, 1.54) is 26.0 Å². The minimum absolute atomic E-state index is 0.122. The van der Waals surface area contributed by atoms with Crippen LogP contribution in [0.3, 0.4) is 0 Å². The van der Waals surface area contributed by atoms with E-state index in [-0.39, 0.29) is 33.4 Å². The van der Waals surface area contributed by atoms with Gasteiger partial charge < -0.3 is 10.5 Å². The van der Waals surface area contributed by atoms with Crippen molar-refractivity contribution in [3.8, 4) is 0 Å². The Kier molecular flexibility index (Phi) is 5.33. The van der Waals surface area contributed by atoms with Crippen LogP contribution in [0.15, 0.2) is 29.4 Å². The molecule has 0 amide bonds. The predicted octanol–water partition coefficient (Wildman–Crippen LogP) is 3.78. The number of hydrogen-bond acceptors (Lipinski definition) is 5. The molecule has 0 radical (unpaired) electrons. The van der Waals surface area contributed by atoms with Crippen molar-refractivity contribution in [2.75, 3.05) is 6.61 Å². The van der Waals surface area contributed by atoms with Gasteiger partial charge in [-0.1, -0.05) is 17.7 Å². The molecule has 2 aromatic rings. The first-order chi connectivity index (χ1) is 13.4. The highest BCUT2D eigenvalue weighted by molar-refractivity contribution is 6.33.